The fraction of sp³-hybridized carbons (Fsp3) is 0.400. The van der Waals surface area contributed by atoms with E-state index in [1.54, 1.807) is 0 Å². The van der Waals surface area contributed by atoms with Crippen molar-refractivity contribution < 1.29 is 0 Å². The summed E-state index contributed by atoms with van der Waals surface area (Å²) >= 11 is 3.55. The Bertz CT molecular complexity index is 281. The average molecular weight is 263 g/mol. The van der Waals surface area contributed by atoms with Crippen LogP contribution in [0.25, 0.3) is 0 Å². The minimum Gasteiger partial charge on any atom is -0.312 e. The lowest BCUT2D eigenvalue weighted by Gasteiger charge is -2.18. The number of benzene rings is 1. The molecule has 13 heavy (non-hydrogen) atoms. The molecular formula is C10H13BrClN. The van der Waals surface area contributed by atoms with E-state index in [1.165, 1.54) is 27.6 Å². The van der Waals surface area contributed by atoms with Gasteiger partial charge in [-0.15, -0.1) is 12.4 Å². The Hall–Kier alpha value is -0.0500. The van der Waals surface area contributed by atoms with E-state index >= 15 is 0 Å². The molecule has 1 nitrogen and oxygen atoms in total. The molecule has 1 aromatic rings. The number of fused-ring (bicyclic) bond motifs is 1. The molecule has 0 amide bonds. The van der Waals surface area contributed by atoms with Crippen molar-refractivity contribution in [2.24, 2.45) is 0 Å². The number of aryl methyl sites for hydroxylation is 1. The fourth-order valence-corrected chi connectivity index (χ4v) is 2.02. The van der Waals surface area contributed by atoms with Crippen LogP contribution in [0.5, 0.6) is 0 Å². The summed E-state index contributed by atoms with van der Waals surface area (Å²) in [6.07, 6.45) is 1.17. The van der Waals surface area contributed by atoms with Crippen LogP contribution in [0.1, 0.15) is 16.7 Å². The summed E-state index contributed by atoms with van der Waals surface area (Å²) in [5, 5.41) is 3.37. The van der Waals surface area contributed by atoms with Gasteiger partial charge in [-0.1, -0.05) is 22.0 Å². The van der Waals surface area contributed by atoms with Crippen LogP contribution < -0.4 is 5.32 Å². The second kappa shape index (κ2) is 4.45. The fourth-order valence-electron chi connectivity index (χ4n) is 1.63. The lowest BCUT2D eigenvalue weighted by Crippen LogP contribution is -2.23. The molecule has 1 aromatic carbocycles. The smallest absolute Gasteiger partial charge is 0.0208 e. The average Bonchev–Trinajstić information content (AvgIpc) is 2.07. The van der Waals surface area contributed by atoms with Gasteiger partial charge in [-0.25, -0.2) is 0 Å². The van der Waals surface area contributed by atoms with E-state index < -0.39 is 0 Å². The number of rotatable bonds is 0. The van der Waals surface area contributed by atoms with Crippen LogP contribution in [-0.4, -0.2) is 6.54 Å². The van der Waals surface area contributed by atoms with Crippen LogP contribution in [0.3, 0.4) is 0 Å². The molecule has 1 N–H and O–H groups in total. The maximum Gasteiger partial charge on any atom is 0.0208 e. The molecule has 0 atom stereocenters. The van der Waals surface area contributed by atoms with Crippen molar-refractivity contribution in [3.63, 3.8) is 0 Å². The Morgan fingerprint density at radius 1 is 1.31 bits per heavy atom. The first-order valence-electron chi connectivity index (χ1n) is 4.26. The zero-order valence-electron chi connectivity index (χ0n) is 7.56. The summed E-state index contributed by atoms with van der Waals surface area (Å²) in [4.78, 5) is 0. The van der Waals surface area contributed by atoms with Gasteiger partial charge in [-0.3, -0.25) is 0 Å². The van der Waals surface area contributed by atoms with Crippen molar-refractivity contribution in [3.8, 4) is 0 Å². The molecule has 0 radical (unpaired) electrons. The Balaban J connectivity index is 0.000000845. The molecule has 1 aliphatic heterocycles. The van der Waals surface area contributed by atoms with Gasteiger partial charge in [0, 0.05) is 11.0 Å². The Morgan fingerprint density at radius 3 is 2.85 bits per heavy atom. The van der Waals surface area contributed by atoms with Gasteiger partial charge >= 0.3 is 0 Å². The van der Waals surface area contributed by atoms with Gasteiger partial charge < -0.3 is 5.32 Å². The molecule has 1 heterocycles. The highest BCUT2D eigenvalue weighted by molar-refractivity contribution is 9.10. The van der Waals surface area contributed by atoms with E-state index in [2.05, 4.69) is 40.3 Å². The van der Waals surface area contributed by atoms with Gasteiger partial charge in [0.05, 0.1) is 0 Å². The highest BCUT2D eigenvalue weighted by Gasteiger charge is 2.09. The minimum absolute atomic E-state index is 0. The molecule has 0 saturated carbocycles. The second-order valence-electron chi connectivity index (χ2n) is 3.30. The maximum atomic E-state index is 3.55. The molecule has 72 valence electrons. The molecule has 3 heteroatoms. The Morgan fingerprint density at radius 2 is 2.08 bits per heavy atom. The van der Waals surface area contributed by atoms with Crippen molar-refractivity contribution in [3.05, 3.63) is 33.3 Å². The first-order chi connectivity index (χ1) is 5.77. The lowest BCUT2D eigenvalue weighted by molar-refractivity contribution is 0.643. The van der Waals surface area contributed by atoms with E-state index in [9.17, 15) is 0 Å². The summed E-state index contributed by atoms with van der Waals surface area (Å²) in [5.41, 5.74) is 4.30. The van der Waals surface area contributed by atoms with Crippen LogP contribution in [0, 0.1) is 6.92 Å². The van der Waals surface area contributed by atoms with Crippen LogP contribution >= 0.6 is 28.3 Å². The van der Waals surface area contributed by atoms with Crippen LogP contribution in [0.4, 0.5) is 0 Å². The summed E-state index contributed by atoms with van der Waals surface area (Å²) in [7, 11) is 0. The van der Waals surface area contributed by atoms with Gasteiger partial charge in [-0.05, 0) is 42.6 Å². The van der Waals surface area contributed by atoms with Crippen molar-refractivity contribution in [2.75, 3.05) is 6.54 Å². The first kappa shape index (κ1) is 11.0. The zero-order valence-corrected chi connectivity index (χ0v) is 9.96. The SMILES string of the molecule is Cc1cc2c(cc1Br)CNCC2.Cl. The second-order valence-corrected chi connectivity index (χ2v) is 4.15. The van der Waals surface area contributed by atoms with Gasteiger partial charge in [0.25, 0.3) is 0 Å². The van der Waals surface area contributed by atoms with Gasteiger partial charge in [0.15, 0.2) is 0 Å². The molecule has 1 aliphatic rings. The van der Waals surface area contributed by atoms with Gasteiger partial charge in [0.1, 0.15) is 0 Å². The van der Waals surface area contributed by atoms with E-state index in [1.807, 2.05) is 0 Å². The number of nitrogens with one attached hydrogen (secondary N) is 1. The van der Waals surface area contributed by atoms with Crippen molar-refractivity contribution in [1.82, 2.24) is 5.32 Å². The normalized spacial score (nSPS) is 14.6. The lowest BCUT2D eigenvalue weighted by atomic mass is 9.99. The summed E-state index contributed by atoms with van der Waals surface area (Å²) in [5.74, 6) is 0. The molecule has 0 bridgehead atoms. The van der Waals surface area contributed by atoms with Gasteiger partial charge in [-0.2, -0.15) is 0 Å². The standard InChI is InChI=1S/C10H12BrN.ClH/c1-7-4-8-2-3-12-6-9(8)5-10(7)11;/h4-5,12H,2-3,6H2,1H3;1H. The predicted octanol–water partition coefficient (Wildman–Crippen LogP) is 2.83. The van der Waals surface area contributed by atoms with Crippen molar-refractivity contribution in [1.29, 1.82) is 0 Å². The molecule has 2 rings (SSSR count). The van der Waals surface area contributed by atoms with E-state index in [0.717, 1.165) is 13.1 Å². The molecule has 0 aliphatic carbocycles. The number of hydrogen-bond acceptors (Lipinski definition) is 1. The highest BCUT2D eigenvalue weighted by atomic mass is 79.9. The van der Waals surface area contributed by atoms with Crippen LogP contribution in [0.2, 0.25) is 0 Å². The van der Waals surface area contributed by atoms with Crippen molar-refractivity contribution >= 4 is 28.3 Å². The molecule has 0 unspecified atom stereocenters. The summed E-state index contributed by atoms with van der Waals surface area (Å²) < 4.78 is 1.23. The third kappa shape index (κ3) is 2.25. The quantitative estimate of drug-likeness (QED) is 0.758. The number of halogens is 2. The maximum absolute atomic E-state index is 3.55. The Labute approximate surface area is 93.5 Å². The zero-order chi connectivity index (χ0) is 8.55. The monoisotopic (exact) mass is 261 g/mol. The predicted molar refractivity (Wildman–Crippen MR) is 61.5 cm³/mol. The molecule has 0 fully saturated rings. The number of hydrogen-bond donors (Lipinski definition) is 1. The third-order valence-corrected chi connectivity index (χ3v) is 3.22. The van der Waals surface area contributed by atoms with Crippen LogP contribution in [0.15, 0.2) is 16.6 Å². The molecule has 0 spiro atoms. The highest BCUT2D eigenvalue weighted by Crippen LogP contribution is 2.23. The van der Waals surface area contributed by atoms with Gasteiger partial charge in [0.2, 0.25) is 0 Å². The summed E-state index contributed by atoms with van der Waals surface area (Å²) in [6, 6.07) is 4.52. The third-order valence-electron chi connectivity index (χ3n) is 2.37. The van der Waals surface area contributed by atoms with Crippen molar-refractivity contribution in [2.45, 2.75) is 19.9 Å². The summed E-state index contributed by atoms with van der Waals surface area (Å²) in [6.45, 7) is 4.29. The van der Waals surface area contributed by atoms with E-state index in [4.69, 9.17) is 0 Å². The molecular weight excluding hydrogens is 249 g/mol. The van der Waals surface area contributed by atoms with Crippen LogP contribution in [-0.2, 0) is 13.0 Å². The Kier molecular flexibility index (Phi) is 3.77. The van der Waals surface area contributed by atoms with E-state index in [0.29, 0.717) is 0 Å². The topological polar surface area (TPSA) is 12.0 Å². The first-order valence-corrected chi connectivity index (χ1v) is 5.05. The largest absolute Gasteiger partial charge is 0.312 e. The van der Waals surface area contributed by atoms with E-state index in [-0.39, 0.29) is 12.4 Å². The molecule has 0 aromatic heterocycles. The molecule has 0 saturated heterocycles. The minimum atomic E-state index is 0.